The van der Waals surface area contributed by atoms with Crippen LogP contribution in [0.1, 0.15) is 20.4 Å². The van der Waals surface area contributed by atoms with E-state index in [1.54, 1.807) is 0 Å². The Bertz CT molecular complexity index is 647. The molecule has 21 heavy (non-hydrogen) atoms. The summed E-state index contributed by atoms with van der Waals surface area (Å²) in [5.74, 6) is 0. The molecular weight excluding hydrogens is 252 g/mol. The monoisotopic (exact) mass is 276 g/mol. The molecule has 0 aliphatic rings. The van der Waals surface area contributed by atoms with Gasteiger partial charge in [0, 0.05) is 0 Å². The minimum Gasteiger partial charge on any atom is -0.0776 e. The Kier molecular flexibility index (Phi) is 5.92. The first kappa shape index (κ1) is 16.7. The fraction of sp³-hybridized carbons (Fsp3) is 0.143. The normalized spacial score (nSPS) is 9.38. The van der Waals surface area contributed by atoms with E-state index in [-0.39, 0.29) is 14.9 Å². The van der Waals surface area contributed by atoms with Crippen LogP contribution >= 0.6 is 0 Å². The van der Waals surface area contributed by atoms with Crippen LogP contribution in [-0.2, 0) is 0 Å². The van der Waals surface area contributed by atoms with Crippen molar-refractivity contribution in [2.75, 3.05) is 0 Å². The van der Waals surface area contributed by atoms with Crippen LogP contribution in [0.5, 0.6) is 0 Å². The largest absolute Gasteiger partial charge is 0.0776 e. The fourth-order valence-electron chi connectivity index (χ4n) is 2.23. The van der Waals surface area contributed by atoms with Crippen LogP contribution < -0.4 is 0 Å². The Morgan fingerprint density at radius 1 is 0.429 bits per heavy atom. The van der Waals surface area contributed by atoms with Crippen molar-refractivity contribution < 1.29 is 0 Å². The molecule has 3 aromatic rings. The highest BCUT2D eigenvalue weighted by atomic mass is 14.0. The standard InChI is InChI=1S/C19H16.2CH4/c1-15-7-9-17(10-8-15)19-13-11-18(12-14-19)16-5-3-2-4-6-16;;/h2-14H,1H3;2*1H4. The first-order chi connectivity index (χ1) is 9.33. The maximum absolute atomic E-state index is 2.19. The first-order valence-electron chi connectivity index (χ1n) is 6.55. The van der Waals surface area contributed by atoms with E-state index < -0.39 is 0 Å². The highest BCUT2D eigenvalue weighted by Crippen LogP contribution is 2.24. The summed E-state index contributed by atoms with van der Waals surface area (Å²) in [6.45, 7) is 2.11. The molecule has 3 aromatic carbocycles. The number of benzene rings is 3. The second-order valence-electron chi connectivity index (χ2n) is 4.81. The van der Waals surface area contributed by atoms with Crippen molar-refractivity contribution in [2.24, 2.45) is 0 Å². The van der Waals surface area contributed by atoms with Crippen LogP contribution in [0.25, 0.3) is 22.3 Å². The average molecular weight is 276 g/mol. The molecule has 0 aromatic heterocycles. The molecule has 0 saturated heterocycles. The van der Waals surface area contributed by atoms with Gasteiger partial charge in [0.15, 0.2) is 0 Å². The Labute approximate surface area is 129 Å². The highest BCUT2D eigenvalue weighted by Gasteiger charge is 1.99. The van der Waals surface area contributed by atoms with Gasteiger partial charge < -0.3 is 0 Å². The number of aryl methyl sites for hydroxylation is 1. The fourth-order valence-corrected chi connectivity index (χ4v) is 2.23. The molecule has 0 aliphatic carbocycles. The van der Waals surface area contributed by atoms with Crippen molar-refractivity contribution in [1.29, 1.82) is 0 Å². The molecule has 0 radical (unpaired) electrons. The van der Waals surface area contributed by atoms with Gasteiger partial charge in [0.2, 0.25) is 0 Å². The summed E-state index contributed by atoms with van der Waals surface area (Å²) in [5, 5.41) is 0. The Hall–Kier alpha value is -2.34. The molecule has 0 spiro atoms. The molecule has 0 unspecified atom stereocenters. The molecule has 3 rings (SSSR count). The molecule has 108 valence electrons. The zero-order valence-corrected chi connectivity index (χ0v) is 11.0. The van der Waals surface area contributed by atoms with E-state index in [2.05, 4.69) is 79.7 Å². The molecule has 0 amide bonds. The van der Waals surface area contributed by atoms with Gasteiger partial charge in [0.1, 0.15) is 0 Å². The van der Waals surface area contributed by atoms with Gasteiger partial charge in [-0.2, -0.15) is 0 Å². The lowest BCUT2D eigenvalue weighted by Crippen LogP contribution is -1.80. The summed E-state index contributed by atoms with van der Waals surface area (Å²) < 4.78 is 0. The van der Waals surface area contributed by atoms with Crippen LogP contribution in [0.3, 0.4) is 0 Å². The quantitative estimate of drug-likeness (QED) is 0.494. The van der Waals surface area contributed by atoms with Crippen molar-refractivity contribution in [3.8, 4) is 22.3 Å². The van der Waals surface area contributed by atoms with Gasteiger partial charge in [0.25, 0.3) is 0 Å². The van der Waals surface area contributed by atoms with Crippen LogP contribution in [-0.4, -0.2) is 0 Å². The van der Waals surface area contributed by atoms with E-state index in [0.29, 0.717) is 0 Å². The van der Waals surface area contributed by atoms with Gasteiger partial charge in [0.05, 0.1) is 0 Å². The van der Waals surface area contributed by atoms with Crippen molar-refractivity contribution in [1.82, 2.24) is 0 Å². The van der Waals surface area contributed by atoms with Crippen molar-refractivity contribution >= 4 is 0 Å². The van der Waals surface area contributed by atoms with Crippen molar-refractivity contribution in [2.45, 2.75) is 21.8 Å². The molecule has 0 nitrogen and oxygen atoms in total. The lowest BCUT2D eigenvalue weighted by molar-refractivity contribution is 1.47. The van der Waals surface area contributed by atoms with Crippen molar-refractivity contribution in [3.63, 3.8) is 0 Å². The summed E-state index contributed by atoms with van der Waals surface area (Å²) in [5.41, 5.74) is 6.35. The predicted octanol–water partition coefficient (Wildman–Crippen LogP) is 6.60. The van der Waals surface area contributed by atoms with E-state index in [1.807, 2.05) is 6.07 Å². The molecule has 0 saturated carbocycles. The third kappa shape index (κ3) is 3.82. The molecular formula is C21H24. The SMILES string of the molecule is C.C.Cc1ccc(-c2ccc(-c3ccccc3)cc2)cc1. The zero-order chi connectivity index (χ0) is 13.1. The number of hydrogen-bond donors (Lipinski definition) is 0. The molecule has 0 bridgehead atoms. The molecule has 0 fully saturated rings. The Morgan fingerprint density at radius 3 is 1.19 bits per heavy atom. The molecule has 0 N–H and O–H groups in total. The minimum atomic E-state index is 0. The third-order valence-electron chi connectivity index (χ3n) is 3.38. The molecule has 0 atom stereocenters. The maximum atomic E-state index is 2.19. The van der Waals surface area contributed by atoms with Gasteiger partial charge in [-0.1, -0.05) is 99.3 Å². The summed E-state index contributed by atoms with van der Waals surface area (Å²) in [6.07, 6.45) is 0. The van der Waals surface area contributed by atoms with Crippen LogP contribution in [0.4, 0.5) is 0 Å². The number of hydrogen-bond acceptors (Lipinski definition) is 0. The second-order valence-corrected chi connectivity index (χ2v) is 4.81. The summed E-state index contributed by atoms with van der Waals surface area (Å²) >= 11 is 0. The second kappa shape index (κ2) is 7.44. The van der Waals surface area contributed by atoms with E-state index >= 15 is 0 Å². The molecule has 0 heterocycles. The molecule has 0 heteroatoms. The maximum Gasteiger partial charge on any atom is -0.0184 e. The average Bonchev–Trinajstić information content (AvgIpc) is 2.49. The lowest BCUT2D eigenvalue weighted by Gasteiger charge is -2.05. The summed E-state index contributed by atoms with van der Waals surface area (Å²) in [7, 11) is 0. The first-order valence-corrected chi connectivity index (χ1v) is 6.55. The topological polar surface area (TPSA) is 0 Å². The van der Waals surface area contributed by atoms with E-state index in [0.717, 1.165) is 0 Å². The Morgan fingerprint density at radius 2 is 0.762 bits per heavy atom. The van der Waals surface area contributed by atoms with Gasteiger partial charge in [-0.15, -0.1) is 0 Å². The zero-order valence-electron chi connectivity index (χ0n) is 11.0. The smallest absolute Gasteiger partial charge is 0.0184 e. The van der Waals surface area contributed by atoms with Crippen LogP contribution in [0, 0.1) is 6.92 Å². The predicted molar refractivity (Wildman–Crippen MR) is 95.5 cm³/mol. The molecule has 0 aliphatic heterocycles. The van der Waals surface area contributed by atoms with E-state index in [1.165, 1.54) is 27.8 Å². The summed E-state index contributed by atoms with van der Waals surface area (Å²) in [4.78, 5) is 0. The lowest BCUT2D eigenvalue weighted by atomic mass is 10.00. The minimum absolute atomic E-state index is 0. The van der Waals surface area contributed by atoms with Gasteiger partial charge in [-0.25, -0.2) is 0 Å². The Balaban J connectivity index is 0.00000110. The van der Waals surface area contributed by atoms with Crippen LogP contribution in [0.15, 0.2) is 78.9 Å². The van der Waals surface area contributed by atoms with E-state index in [9.17, 15) is 0 Å². The highest BCUT2D eigenvalue weighted by molar-refractivity contribution is 5.70. The van der Waals surface area contributed by atoms with Gasteiger partial charge >= 0.3 is 0 Å². The van der Waals surface area contributed by atoms with Gasteiger partial charge in [-0.3, -0.25) is 0 Å². The van der Waals surface area contributed by atoms with Gasteiger partial charge in [-0.05, 0) is 29.2 Å². The van der Waals surface area contributed by atoms with Crippen molar-refractivity contribution in [3.05, 3.63) is 84.4 Å². The third-order valence-corrected chi connectivity index (χ3v) is 3.38. The van der Waals surface area contributed by atoms with Crippen LogP contribution in [0.2, 0.25) is 0 Å². The summed E-state index contributed by atoms with van der Waals surface area (Å²) in [6, 6.07) is 27.9. The number of rotatable bonds is 2. The van der Waals surface area contributed by atoms with E-state index in [4.69, 9.17) is 0 Å².